The van der Waals surface area contributed by atoms with Gasteiger partial charge in [0.25, 0.3) is 0 Å². The first-order valence-electron chi connectivity index (χ1n) is 17.4. The normalized spacial score (nSPS) is 19.5. The maximum atomic E-state index is 6.99. The van der Waals surface area contributed by atoms with Crippen molar-refractivity contribution in [1.29, 1.82) is 0 Å². The lowest BCUT2D eigenvalue weighted by molar-refractivity contribution is 0.375. The smallest absolute Gasteiger partial charge is 0.167 e. The molecule has 4 nitrogen and oxygen atoms in total. The Morgan fingerprint density at radius 1 is 0.529 bits per heavy atom. The highest BCUT2D eigenvalue weighted by Gasteiger charge is 2.56. The molecule has 0 saturated heterocycles. The van der Waals surface area contributed by atoms with Crippen LogP contribution in [0.1, 0.15) is 28.2 Å². The fourth-order valence-electron chi connectivity index (χ4n) is 8.77. The molecule has 8 aromatic rings. The van der Waals surface area contributed by atoms with Crippen LogP contribution in [0.25, 0.3) is 54.3 Å². The van der Waals surface area contributed by atoms with Gasteiger partial charge >= 0.3 is 0 Å². The van der Waals surface area contributed by atoms with Gasteiger partial charge in [-0.05, 0) is 35.4 Å². The number of fused-ring (bicyclic) bond motifs is 12. The van der Waals surface area contributed by atoms with Gasteiger partial charge in [0.05, 0.1) is 11.0 Å². The van der Waals surface area contributed by atoms with E-state index in [-0.39, 0.29) is 11.8 Å². The molecule has 5 heteroatoms. The number of rotatable bonds is 3. The summed E-state index contributed by atoms with van der Waals surface area (Å²) < 4.78 is 9.47. The summed E-state index contributed by atoms with van der Waals surface area (Å²) >= 11 is 1.80. The summed E-state index contributed by atoms with van der Waals surface area (Å²) in [5.41, 5.74) is 7.29. The number of hydrogen-bond acceptors (Lipinski definition) is 5. The molecule has 0 radical (unpaired) electrons. The maximum Gasteiger partial charge on any atom is 0.167 e. The van der Waals surface area contributed by atoms with E-state index >= 15 is 0 Å². The fraction of sp³-hybridized carbons (Fsp3) is 0.0652. The van der Waals surface area contributed by atoms with Crippen molar-refractivity contribution in [3.8, 4) is 45.7 Å². The van der Waals surface area contributed by atoms with Crippen LogP contribution in [0.5, 0.6) is 11.5 Å². The average molecular weight is 672 g/mol. The monoisotopic (exact) mass is 671 g/mol. The Morgan fingerprint density at radius 2 is 1.24 bits per heavy atom. The third-order valence-corrected chi connectivity index (χ3v) is 12.0. The molecule has 11 rings (SSSR count). The molecule has 240 valence electrons. The Morgan fingerprint density at radius 3 is 2.16 bits per heavy atom. The highest BCUT2D eigenvalue weighted by atomic mass is 32.1. The molecule has 0 saturated carbocycles. The summed E-state index contributed by atoms with van der Waals surface area (Å²) in [6.07, 6.45) is 9.14. The van der Waals surface area contributed by atoms with Crippen LogP contribution in [-0.2, 0) is 5.41 Å². The van der Waals surface area contributed by atoms with Crippen LogP contribution in [0, 0.1) is 5.92 Å². The minimum Gasteiger partial charge on any atom is -0.456 e. The number of ether oxygens (including phenoxy) is 1. The van der Waals surface area contributed by atoms with E-state index in [2.05, 4.69) is 146 Å². The van der Waals surface area contributed by atoms with E-state index in [1.165, 1.54) is 36.9 Å². The Balaban J connectivity index is 1.16. The first kappa shape index (κ1) is 28.6. The SMILES string of the molecule is C1=CC2c3ccccc3C3(c4ccccc4Oc4c(-c5nc(-c6ccccc6)nc(-c6ccc7c(c6)sc6ccccc67)n5)cccc43)C2C=C1. The summed E-state index contributed by atoms with van der Waals surface area (Å²) in [4.78, 5) is 15.5. The molecule has 2 aromatic heterocycles. The minimum absolute atomic E-state index is 0.181. The molecule has 6 aromatic carbocycles. The van der Waals surface area contributed by atoms with Crippen molar-refractivity contribution < 1.29 is 4.74 Å². The third-order valence-electron chi connectivity index (χ3n) is 10.9. The van der Waals surface area contributed by atoms with Crippen molar-refractivity contribution in [3.63, 3.8) is 0 Å². The van der Waals surface area contributed by atoms with Crippen LogP contribution in [0.2, 0.25) is 0 Å². The first-order chi connectivity index (χ1) is 25.3. The van der Waals surface area contributed by atoms with E-state index in [1.807, 2.05) is 18.2 Å². The Labute approximate surface area is 299 Å². The van der Waals surface area contributed by atoms with Crippen LogP contribution in [0.15, 0.2) is 164 Å². The van der Waals surface area contributed by atoms with Crippen LogP contribution in [0.3, 0.4) is 0 Å². The van der Waals surface area contributed by atoms with Crippen molar-refractivity contribution in [3.05, 3.63) is 186 Å². The van der Waals surface area contributed by atoms with Crippen molar-refractivity contribution in [1.82, 2.24) is 15.0 Å². The van der Waals surface area contributed by atoms with E-state index in [9.17, 15) is 0 Å². The lowest BCUT2D eigenvalue weighted by Crippen LogP contribution is -2.37. The zero-order chi connectivity index (χ0) is 33.5. The highest BCUT2D eigenvalue weighted by molar-refractivity contribution is 7.25. The summed E-state index contributed by atoms with van der Waals surface area (Å²) in [5.74, 6) is 3.94. The van der Waals surface area contributed by atoms with Gasteiger partial charge < -0.3 is 4.74 Å². The lowest BCUT2D eigenvalue weighted by atomic mass is 9.61. The van der Waals surface area contributed by atoms with Crippen molar-refractivity contribution in [2.24, 2.45) is 5.92 Å². The van der Waals surface area contributed by atoms with Gasteiger partial charge in [-0.25, -0.2) is 15.0 Å². The quantitative estimate of drug-likeness (QED) is 0.188. The average Bonchev–Trinajstić information content (AvgIpc) is 3.72. The molecule has 0 amide bonds. The highest BCUT2D eigenvalue weighted by Crippen LogP contribution is 2.65. The van der Waals surface area contributed by atoms with Crippen molar-refractivity contribution in [2.75, 3.05) is 0 Å². The van der Waals surface area contributed by atoms with Gasteiger partial charge in [-0.2, -0.15) is 0 Å². The maximum absolute atomic E-state index is 6.99. The van der Waals surface area contributed by atoms with Gasteiger partial charge in [-0.3, -0.25) is 0 Å². The topological polar surface area (TPSA) is 47.9 Å². The third kappa shape index (κ3) is 4.10. The van der Waals surface area contributed by atoms with Crippen molar-refractivity contribution >= 4 is 31.5 Å². The Hall–Kier alpha value is -6.17. The van der Waals surface area contributed by atoms with E-state index < -0.39 is 5.41 Å². The molecule has 1 aliphatic heterocycles. The van der Waals surface area contributed by atoms with E-state index in [4.69, 9.17) is 19.7 Å². The predicted octanol–water partition coefficient (Wildman–Crippen LogP) is 11.5. The number of hydrogen-bond donors (Lipinski definition) is 0. The molecule has 3 heterocycles. The number of benzene rings is 6. The molecule has 51 heavy (non-hydrogen) atoms. The van der Waals surface area contributed by atoms with E-state index in [0.29, 0.717) is 17.5 Å². The van der Waals surface area contributed by atoms with Gasteiger partial charge in [0.2, 0.25) is 0 Å². The molecule has 3 aliphatic rings. The molecule has 0 fully saturated rings. The van der Waals surface area contributed by atoms with E-state index in [1.54, 1.807) is 11.3 Å². The fourth-order valence-corrected chi connectivity index (χ4v) is 9.92. The van der Waals surface area contributed by atoms with Crippen LogP contribution < -0.4 is 4.74 Å². The molecule has 0 bridgehead atoms. The number of para-hydroxylation sites is 2. The van der Waals surface area contributed by atoms with Gasteiger partial charge in [0, 0.05) is 54.3 Å². The number of aromatic nitrogens is 3. The second kappa shape index (κ2) is 10.9. The van der Waals surface area contributed by atoms with Gasteiger partial charge in [0.1, 0.15) is 11.5 Å². The summed E-state index contributed by atoms with van der Waals surface area (Å²) in [6, 6.07) is 49.3. The van der Waals surface area contributed by atoms with Gasteiger partial charge in [-0.15, -0.1) is 11.3 Å². The Kier molecular flexibility index (Phi) is 6.13. The Bertz CT molecular complexity index is 2760. The number of allylic oxidation sites excluding steroid dienone is 4. The number of thiophene rings is 1. The summed E-state index contributed by atoms with van der Waals surface area (Å²) in [6.45, 7) is 0. The largest absolute Gasteiger partial charge is 0.456 e. The standard InChI is InChI=1S/C46H29N3OS/c1-2-13-28(14-3-1)43-47-44(29-25-26-33-32-17-6-11-24-40(32)51-41(33)27-29)49-45(48-43)34-18-12-22-38-42(34)50-39-23-10-9-21-37(39)46(38)35-19-7-4-15-30(35)31-16-5-8-20-36(31)46/h1-27,30,35H. The van der Waals surface area contributed by atoms with Crippen LogP contribution >= 0.6 is 11.3 Å². The van der Waals surface area contributed by atoms with E-state index in [0.717, 1.165) is 33.8 Å². The number of nitrogens with zero attached hydrogens (tertiary/aromatic N) is 3. The second-order valence-electron chi connectivity index (χ2n) is 13.5. The molecule has 3 unspecified atom stereocenters. The van der Waals surface area contributed by atoms with Gasteiger partial charge in [0.15, 0.2) is 17.5 Å². The first-order valence-corrected chi connectivity index (χ1v) is 18.2. The summed E-state index contributed by atoms with van der Waals surface area (Å²) in [7, 11) is 0. The summed E-state index contributed by atoms with van der Waals surface area (Å²) in [5, 5.41) is 2.51. The molecular weight excluding hydrogens is 643 g/mol. The molecule has 0 N–H and O–H groups in total. The molecular formula is C46H29N3OS. The van der Waals surface area contributed by atoms with Crippen molar-refractivity contribution in [2.45, 2.75) is 11.3 Å². The molecule has 1 spiro atoms. The molecule has 2 aliphatic carbocycles. The van der Waals surface area contributed by atoms with Crippen LogP contribution in [0.4, 0.5) is 0 Å². The zero-order valence-corrected chi connectivity index (χ0v) is 28.2. The zero-order valence-electron chi connectivity index (χ0n) is 27.4. The van der Waals surface area contributed by atoms with Gasteiger partial charge in [-0.1, -0.05) is 140 Å². The lowest BCUT2D eigenvalue weighted by Gasteiger charge is -2.43. The molecule has 3 atom stereocenters. The predicted molar refractivity (Wildman–Crippen MR) is 206 cm³/mol. The second-order valence-corrected chi connectivity index (χ2v) is 14.6. The van der Waals surface area contributed by atoms with Crippen LogP contribution in [-0.4, -0.2) is 15.0 Å². The minimum atomic E-state index is -0.451.